The topological polar surface area (TPSA) is 37.3 Å². The van der Waals surface area contributed by atoms with E-state index in [2.05, 4.69) is 13.8 Å². The Hall–Kier alpha value is 0.470. The third-order valence-corrected chi connectivity index (χ3v) is 3.35. The number of aliphatic carboxylic acids is 1. The van der Waals surface area contributed by atoms with E-state index in [4.69, 9.17) is 9.90 Å². The van der Waals surface area contributed by atoms with E-state index >= 15 is 0 Å². The number of carbonyl (C=O) groups is 1. The van der Waals surface area contributed by atoms with Gasteiger partial charge in [-0.3, -0.25) is 4.79 Å². The molecule has 21 heavy (non-hydrogen) atoms. The van der Waals surface area contributed by atoms with Gasteiger partial charge in [-0.1, -0.05) is 90.4 Å². The maximum Gasteiger partial charge on any atom is 1.00 e. The summed E-state index contributed by atoms with van der Waals surface area (Å²) >= 11 is 0. The summed E-state index contributed by atoms with van der Waals surface area (Å²) in [5, 5.41) is 7.42. The zero-order valence-electron chi connectivity index (χ0n) is 15.0. The van der Waals surface area contributed by atoms with Gasteiger partial charge in [0.1, 0.15) is 0 Å². The molecule has 1 N–H and O–H groups in total. The summed E-state index contributed by atoms with van der Waals surface area (Å²) in [6, 6.07) is 0. The molecule has 3 heteroatoms. The molecule has 0 aromatic carbocycles. The van der Waals surface area contributed by atoms with E-state index in [0.29, 0.717) is 0 Å². The Morgan fingerprint density at radius 1 is 0.762 bits per heavy atom. The largest absolute Gasteiger partial charge is 1.00 e. The molecular formula is C18H37NaO2. The average Bonchev–Trinajstić information content (AvgIpc) is 2.39. The molecule has 0 aromatic rings. The molecule has 122 valence electrons. The van der Waals surface area contributed by atoms with E-state index < -0.39 is 5.97 Å². The number of unbranched alkanes of at least 4 members (excludes halogenated alkanes) is 13. The van der Waals surface area contributed by atoms with E-state index in [1.807, 2.05) is 0 Å². The molecule has 0 atom stereocenters. The van der Waals surface area contributed by atoms with Crippen LogP contribution in [-0.4, -0.2) is 11.1 Å². The van der Waals surface area contributed by atoms with Gasteiger partial charge in [-0.05, 0) is 0 Å². The van der Waals surface area contributed by atoms with Crippen LogP contribution in [0.25, 0.3) is 0 Å². The summed E-state index contributed by atoms with van der Waals surface area (Å²) in [4.78, 5) is 9.00. The van der Waals surface area contributed by atoms with Gasteiger partial charge in [-0.25, -0.2) is 0 Å². The minimum Gasteiger partial charge on any atom is -0.481 e. The minimum absolute atomic E-state index is 0. The van der Waals surface area contributed by atoms with Crippen molar-refractivity contribution in [1.29, 1.82) is 0 Å². The molecule has 0 aliphatic rings. The van der Waals surface area contributed by atoms with Crippen LogP contribution in [0.5, 0.6) is 0 Å². The molecule has 0 spiro atoms. The first-order valence-electron chi connectivity index (χ1n) is 8.63. The maximum atomic E-state index is 9.00. The first kappa shape index (κ1) is 26.4. The van der Waals surface area contributed by atoms with Crippen LogP contribution in [0.2, 0.25) is 0 Å². The van der Waals surface area contributed by atoms with Crippen LogP contribution in [0.15, 0.2) is 0 Å². The predicted molar refractivity (Wildman–Crippen MR) is 89.0 cm³/mol. The zero-order chi connectivity index (χ0) is 15.5. The normalized spacial score (nSPS) is 9.48. The van der Waals surface area contributed by atoms with Gasteiger partial charge in [0.2, 0.25) is 0 Å². The Kier molecular flexibility index (Phi) is 31.9. The first-order chi connectivity index (χ1) is 9.65. The number of hydrogen-bond acceptors (Lipinski definition) is 1. The summed E-state index contributed by atoms with van der Waals surface area (Å²) < 4.78 is 0. The van der Waals surface area contributed by atoms with Crippen LogP contribution in [0.3, 0.4) is 0 Å². The average molecular weight is 308 g/mol. The van der Waals surface area contributed by atoms with Crippen molar-refractivity contribution in [1.82, 2.24) is 0 Å². The summed E-state index contributed by atoms with van der Waals surface area (Å²) in [5.74, 6) is -0.833. The fourth-order valence-corrected chi connectivity index (χ4v) is 2.19. The zero-order valence-corrected chi connectivity index (χ0v) is 17.0. The van der Waals surface area contributed by atoms with Crippen molar-refractivity contribution in [3.05, 3.63) is 6.92 Å². The Labute approximate surface area is 155 Å². The Balaban J connectivity index is -0.000000572. The summed E-state index contributed by atoms with van der Waals surface area (Å²) in [7, 11) is 0. The van der Waals surface area contributed by atoms with E-state index in [9.17, 15) is 0 Å². The molecule has 0 aliphatic carbocycles. The van der Waals surface area contributed by atoms with Crippen molar-refractivity contribution in [2.75, 3.05) is 0 Å². The molecular weight excluding hydrogens is 271 g/mol. The monoisotopic (exact) mass is 308 g/mol. The third-order valence-electron chi connectivity index (χ3n) is 3.35. The Morgan fingerprint density at radius 2 is 1.00 bits per heavy atom. The van der Waals surface area contributed by atoms with Crippen LogP contribution in [0.1, 0.15) is 104 Å². The van der Waals surface area contributed by atoms with Crippen LogP contribution >= 0.6 is 0 Å². The molecule has 0 bridgehead atoms. The fourth-order valence-electron chi connectivity index (χ4n) is 2.19. The molecule has 0 heterocycles. The molecule has 0 amide bonds. The van der Waals surface area contributed by atoms with Gasteiger partial charge in [-0.2, -0.15) is 6.42 Å². The minimum atomic E-state index is -0.833. The molecule has 0 rings (SSSR count). The summed E-state index contributed by atoms with van der Waals surface area (Å²) in [5.41, 5.74) is 0. The van der Waals surface area contributed by atoms with Gasteiger partial charge in [0, 0.05) is 6.92 Å². The van der Waals surface area contributed by atoms with E-state index in [0.717, 1.165) is 13.3 Å². The van der Waals surface area contributed by atoms with Gasteiger partial charge in [-0.15, -0.1) is 0 Å². The van der Waals surface area contributed by atoms with Crippen LogP contribution in [0, 0.1) is 6.92 Å². The third kappa shape index (κ3) is 38.5. The van der Waals surface area contributed by atoms with Crippen molar-refractivity contribution in [2.45, 2.75) is 104 Å². The second-order valence-electron chi connectivity index (χ2n) is 5.62. The maximum absolute atomic E-state index is 9.00. The number of carboxylic acids is 1. The Morgan fingerprint density at radius 3 is 1.24 bits per heavy atom. The van der Waals surface area contributed by atoms with Gasteiger partial charge < -0.3 is 12.0 Å². The number of carboxylic acid groups (broad SMARTS) is 1. The van der Waals surface area contributed by atoms with Gasteiger partial charge >= 0.3 is 29.6 Å². The number of hydrogen-bond donors (Lipinski definition) is 1. The smallest absolute Gasteiger partial charge is 0.481 e. The Bertz CT molecular complexity index is 166. The SMILES string of the molecule is CC(=O)O.[CH2-]CCCCCCCCCCCCCCC.[Na+]. The quantitative estimate of drug-likeness (QED) is 0.322. The molecule has 0 unspecified atom stereocenters. The molecule has 0 radical (unpaired) electrons. The molecule has 0 aliphatic heterocycles. The second kappa shape index (κ2) is 25.4. The van der Waals surface area contributed by atoms with Crippen LogP contribution < -0.4 is 29.6 Å². The molecule has 2 nitrogen and oxygen atoms in total. The van der Waals surface area contributed by atoms with Gasteiger partial charge in [0.05, 0.1) is 0 Å². The standard InChI is InChI=1S/C16H33.C2H4O2.Na/c1-3-5-7-9-11-13-15-16-14-12-10-8-6-4-2;1-2(3)4;/h1,3-16H2,2H3;1H3,(H,3,4);/q-1;;+1. The fraction of sp³-hybridized carbons (Fsp3) is 0.889. The van der Waals surface area contributed by atoms with Gasteiger partial charge in [0.25, 0.3) is 5.97 Å². The summed E-state index contributed by atoms with van der Waals surface area (Å²) in [6.07, 6.45) is 19.8. The van der Waals surface area contributed by atoms with Crippen molar-refractivity contribution >= 4 is 5.97 Å². The number of rotatable bonds is 13. The molecule has 0 saturated carbocycles. The van der Waals surface area contributed by atoms with Crippen molar-refractivity contribution in [3.8, 4) is 0 Å². The molecule has 0 fully saturated rings. The van der Waals surface area contributed by atoms with E-state index in [-0.39, 0.29) is 29.6 Å². The molecule has 0 saturated heterocycles. The van der Waals surface area contributed by atoms with Crippen LogP contribution in [-0.2, 0) is 4.79 Å². The predicted octanol–water partition coefficient (Wildman–Crippen LogP) is 3.40. The van der Waals surface area contributed by atoms with Crippen molar-refractivity contribution < 1.29 is 39.5 Å². The van der Waals surface area contributed by atoms with E-state index in [1.54, 1.807) is 0 Å². The second-order valence-corrected chi connectivity index (χ2v) is 5.62. The van der Waals surface area contributed by atoms with Crippen molar-refractivity contribution in [3.63, 3.8) is 0 Å². The van der Waals surface area contributed by atoms with E-state index in [1.165, 1.54) is 83.5 Å². The summed E-state index contributed by atoms with van der Waals surface area (Å²) in [6.45, 7) is 7.24. The van der Waals surface area contributed by atoms with Crippen LogP contribution in [0.4, 0.5) is 0 Å². The van der Waals surface area contributed by atoms with Crippen molar-refractivity contribution in [2.24, 2.45) is 0 Å². The molecule has 0 aromatic heterocycles. The van der Waals surface area contributed by atoms with Gasteiger partial charge in [0.15, 0.2) is 0 Å². The first-order valence-corrected chi connectivity index (χ1v) is 8.63.